The summed E-state index contributed by atoms with van der Waals surface area (Å²) in [5, 5.41) is 6.47. The van der Waals surface area contributed by atoms with Gasteiger partial charge in [0.1, 0.15) is 0 Å². The SMILES string of the molecule is CN=C(NCCCCSC)NCc1cccc(S(=O)(=O)NCCOC)c1.I. The largest absolute Gasteiger partial charge is 0.383 e. The Morgan fingerprint density at radius 1 is 1.22 bits per heavy atom. The van der Waals surface area contributed by atoms with Crippen LogP contribution >= 0.6 is 35.7 Å². The van der Waals surface area contributed by atoms with Crippen molar-refractivity contribution in [1.29, 1.82) is 0 Å². The van der Waals surface area contributed by atoms with Crippen LogP contribution in [0.5, 0.6) is 0 Å². The summed E-state index contributed by atoms with van der Waals surface area (Å²) in [5.41, 5.74) is 0.866. The van der Waals surface area contributed by atoms with Gasteiger partial charge >= 0.3 is 0 Å². The Kier molecular flexibility index (Phi) is 15.1. The number of methoxy groups -OCH3 is 1. The normalized spacial score (nSPS) is 11.7. The summed E-state index contributed by atoms with van der Waals surface area (Å²) in [6.45, 7) is 1.93. The molecule has 0 unspecified atom stereocenters. The van der Waals surface area contributed by atoms with Crippen molar-refractivity contribution in [1.82, 2.24) is 15.4 Å². The predicted octanol–water partition coefficient (Wildman–Crippen LogP) is 2.04. The number of aliphatic imine (C=N–C) groups is 1. The molecule has 1 aromatic rings. The molecule has 3 N–H and O–H groups in total. The maximum absolute atomic E-state index is 12.3. The van der Waals surface area contributed by atoms with Crippen LogP contribution in [0.3, 0.4) is 0 Å². The molecule has 1 aromatic carbocycles. The molecule has 0 saturated heterocycles. The molecule has 0 heterocycles. The van der Waals surface area contributed by atoms with Crippen LogP contribution in [0.1, 0.15) is 18.4 Å². The molecule has 0 atom stereocenters. The van der Waals surface area contributed by atoms with Crippen LogP contribution in [0.15, 0.2) is 34.2 Å². The van der Waals surface area contributed by atoms with E-state index in [-0.39, 0.29) is 35.4 Å². The van der Waals surface area contributed by atoms with Crippen molar-refractivity contribution in [3.05, 3.63) is 29.8 Å². The van der Waals surface area contributed by atoms with Gasteiger partial charge in [-0.1, -0.05) is 12.1 Å². The lowest BCUT2D eigenvalue weighted by Crippen LogP contribution is -2.37. The Bertz CT molecular complexity index is 657. The predicted molar refractivity (Wildman–Crippen MR) is 125 cm³/mol. The van der Waals surface area contributed by atoms with Crippen molar-refractivity contribution in [2.24, 2.45) is 4.99 Å². The minimum atomic E-state index is -3.53. The van der Waals surface area contributed by atoms with Crippen LogP contribution in [-0.2, 0) is 21.3 Å². The second kappa shape index (κ2) is 15.4. The maximum Gasteiger partial charge on any atom is 0.240 e. The first kappa shape index (κ1) is 26.4. The van der Waals surface area contributed by atoms with Gasteiger partial charge in [0.2, 0.25) is 10.0 Å². The molecule has 0 radical (unpaired) electrons. The van der Waals surface area contributed by atoms with Gasteiger partial charge in [-0.2, -0.15) is 11.8 Å². The van der Waals surface area contributed by atoms with Gasteiger partial charge in [-0.15, -0.1) is 24.0 Å². The van der Waals surface area contributed by atoms with Gasteiger partial charge in [-0.05, 0) is 42.5 Å². The van der Waals surface area contributed by atoms with E-state index < -0.39 is 10.0 Å². The van der Waals surface area contributed by atoms with Crippen molar-refractivity contribution < 1.29 is 13.2 Å². The van der Waals surface area contributed by atoms with E-state index in [1.165, 1.54) is 13.5 Å². The van der Waals surface area contributed by atoms with E-state index in [4.69, 9.17) is 4.74 Å². The lowest BCUT2D eigenvalue weighted by atomic mass is 10.2. The Hall–Kier alpha value is -0.560. The summed E-state index contributed by atoms with van der Waals surface area (Å²) in [4.78, 5) is 4.43. The average Bonchev–Trinajstić information content (AvgIpc) is 2.64. The standard InChI is InChI=1S/C17H30N4O3S2.HI/c1-18-17(19-9-4-5-12-25-3)20-14-15-7-6-8-16(13-15)26(22,23)21-10-11-24-2;/h6-8,13,21H,4-5,9-12,14H2,1-3H3,(H2,18,19,20);1H. The molecule has 0 saturated carbocycles. The van der Waals surface area contributed by atoms with E-state index in [9.17, 15) is 8.42 Å². The Labute approximate surface area is 184 Å². The number of ether oxygens (including phenoxy) is 1. The molecule has 0 aliphatic rings. The fourth-order valence-electron chi connectivity index (χ4n) is 2.17. The fourth-order valence-corrected chi connectivity index (χ4v) is 3.74. The van der Waals surface area contributed by atoms with Crippen molar-refractivity contribution in [2.75, 3.05) is 45.9 Å². The molecule has 0 amide bonds. The third kappa shape index (κ3) is 11.1. The highest BCUT2D eigenvalue weighted by Gasteiger charge is 2.13. The van der Waals surface area contributed by atoms with Crippen LogP contribution < -0.4 is 15.4 Å². The molecular formula is C17H31IN4O3S2. The number of guanidine groups is 1. The number of rotatable bonds is 12. The third-order valence-corrected chi connectivity index (χ3v) is 5.71. The summed E-state index contributed by atoms with van der Waals surface area (Å²) >= 11 is 1.85. The number of sulfonamides is 1. The van der Waals surface area contributed by atoms with Crippen LogP contribution in [0.4, 0.5) is 0 Å². The fraction of sp³-hybridized carbons (Fsp3) is 0.588. The molecule has 10 heteroatoms. The topological polar surface area (TPSA) is 91.8 Å². The van der Waals surface area contributed by atoms with Crippen molar-refractivity contribution in [2.45, 2.75) is 24.3 Å². The molecule has 0 aliphatic heterocycles. The molecule has 0 aliphatic carbocycles. The number of nitrogens with zero attached hydrogens (tertiary/aromatic N) is 1. The summed E-state index contributed by atoms with van der Waals surface area (Å²) in [5.74, 6) is 1.87. The number of unbranched alkanes of at least 4 members (excludes halogenated alkanes) is 1. The van der Waals surface area contributed by atoms with Gasteiger partial charge in [0, 0.05) is 33.8 Å². The van der Waals surface area contributed by atoms with E-state index in [1.807, 2.05) is 17.8 Å². The second-order valence-corrected chi connectivity index (χ2v) is 8.34. The molecule has 0 bridgehead atoms. The quantitative estimate of drug-likeness (QED) is 0.166. The highest BCUT2D eigenvalue weighted by Crippen LogP contribution is 2.11. The molecule has 156 valence electrons. The monoisotopic (exact) mass is 530 g/mol. The summed E-state index contributed by atoms with van der Waals surface area (Å²) in [7, 11) is -0.276. The molecular weight excluding hydrogens is 499 g/mol. The second-order valence-electron chi connectivity index (χ2n) is 5.59. The van der Waals surface area contributed by atoms with Crippen molar-refractivity contribution in [3.8, 4) is 0 Å². The average molecular weight is 530 g/mol. The van der Waals surface area contributed by atoms with Gasteiger partial charge in [-0.25, -0.2) is 13.1 Å². The Morgan fingerprint density at radius 3 is 2.67 bits per heavy atom. The molecule has 7 nitrogen and oxygen atoms in total. The number of thioether (sulfide) groups is 1. The van der Waals surface area contributed by atoms with E-state index in [2.05, 4.69) is 26.6 Å². The molecule has 0 spiro atoms. The number of halogens is 1. The third-order valence-electron chi connectivity index (χ3n) is 3.56. The molecule has 27 heavy (non-hydrogen) atoms. The zero-order valence-corrected chi connectivity index (χ0v) is 20.1. The number of hydrogen-bond donors (Lipinski definition) is 3. The summed E-state index contributed by atoms with van der Waals surface area (Å²) in [6, 6.07) is 6.86. The first-order valence-corrected chi connectivity index (χ1v) is 11.4. The van der Waals surface area contributed by atoms with Gasteiger partial charge in [0.15, 0.2) is 5.96 Å². The highest BCUT2D eigenvalue weighted by atomic mass is 127. The van der Waals surface area contributed by atoms with Crippen LogP contribution in [-0.4, -0.2) is 60.2 Å². The van der Waals surface area contributed by atoms with E-state index in [1.54, 1.807) is 25.2 Å². The summed E-state index contributed by atoms with van der Waals surface area (Å²) < 4.78 is 31.9. The first-order valence-electron chi connectivity index (χ1n) is 8.54. The van der Waals surface area contributed by atoms with Gasteiger partial charge < -0.3 is 15.4 Å². The van der Waals surface area contributed by atoms with Crippen LogP contribution in [0.25, 0.3) is 0 Å². The van der Waals surface area contributed by atoms with Crippen molar-refractivity contribution >= 4 is 51.7 Å². The maximum atomic E-state index is 12.3. The highest BCUT2D eigenvalue weighted by molar-refractivity contribution is 14.0. The number of hydrogen-bond acceptors (Lipinski definition) is 5. The lowest BCUT2D eigenvalue weighted by molar-refractivity contribution is 0.204. The van der Waals surface area contributed by atoms with E-state index >= 15 is 0 Å². The van der Waals surface area contributed by atoms with Crippen LogP contribution in [0.2, 0.25) is 0 Å². The molecule has 0 fully saturated rings. The zero-order valence-electron chi connectivity index (χ0n) is 16.2. The molecule has 1 rings (SSSR count). The zero-order chi connectivity index (χ0) is 19.3. The van der Waals surface area contributed by atoms with Gasteiger partial charge in [0.25, 0.3) is 0 Å². The van der Waals surface area contributed by atoms with Crippen LogP contribution in [0, 0.1) is 0 Å². The smallest absolute Gasteiger partial charge is 0.240 e. The number of benzene rings is 1. The van der Waals surface area contributed by atoms with Crippen molar-refractivity contribution in [3.63, 3.8) is 0 Å². The minimum absolute atomic E-state index is 0. The summed E-state index contributed by atoms with van der Waals surface area (Å²) in [6.07, 6.45) is 4.36. The minimum Gasteiger partial charge on any atom is -0.383 e. The van der Waals surface area contributed by atoms with E-state index in [0.717, 1.165) is 24.3 Å². The lowest BCUT2D eigenvalue weighted by Gasteiger charge is -2.13. The molecule has 0 aromatic heterocycles. The van der Waals surface area contributed by atoms with Gasteiger partial charge in [-0.3, -0.25) is 4.99 Å². The van der Waals surface area contributed by atoms with Gasteiger partial charge in [0.05, 0.1) is 11.5 Å². The number of nitrogens with one attached hydrogen (secondary N) is 3. The first-order chi connectivity index (χ1) is 12.5. The Morgan fingerprint density at radius 2 is 2.00 bits per heavy atom. The van der Waals surface area contributed by atoms with E-state index in [0.29, 0.717) is 19.1 Å². The Balaban J connectivity index is 0.00000676.